The molecular formula is C11H15F3N2O3. The predicted octanol–water partition coefficient (Wildman–Crippen LogP) is 1.61. The Labute approximate surface area is 108 Å². The van der Waals surface area contributed by atoms with Gasteiger partial charge in [-0.3, -0.25) is 4.79 Å². The van der Waals surface area contributed by atoms with Gasteiger partial charge >= 0.3 is 18.2 Å². The second kappa shape index (κ2) is 5.94. The van der Waals surface area contributed by atoms with Crippen molar-refractivity contribution in [3.63, 3.8) is 0 Å². The minimum atomic E-state index is -4.35. The molecule has 0 saturated heterocycles. The lowest BCUT2D eigenvalue weighted by atomic mass is 10.1. The number of rotatable bonds is 3. The van der Waals surface area contributed by atoms with Gasteiger partial charge in [0.15, 0.2) is 0 Å². The molecule has 1 rings (SSSR count). The van der Waals surface area contributed by atoms with Gasteiger partial charge < -0.3 is 15.3 Å². The normalized spacial score (nSPS) is 17.7. The number of halogens is 3. The number of hydrogen-bond acceptors (Lipinski definition) is 2. The van der Waals surface area contributed by atoms with Crippen LogP contribution in [0.2, 0.25) is 0 Å². The number of nitrogens with zero attached hydrogens (tertiary/aromatic N) is 1. The van der Waals surface area contributed by atoms with E-state index >= 15 is 0 Å². The molecule has 0 saturated carbocycles. The fraction of sp³-hybridized carbons (Fsp3) is 0.636. The Morgan fingerprint density at radius 2 is 2.16 bits per heavy atom. The minimum absolute atomic E-state index is 0.0291. The standard InChI is InChI=1S/C11H15F3N2O3/c1-7(9(17)18)6-15-10(19)16-4-2-8(3-5-16)11(12,13)14/h2,7H,3-6H2,1H3,(H,15,19)(H,17,18). The molecule has 0 aromatic rings. The summed E-state index contributed by atoms with van der Waals surface area (Å²) in [5, 5.41) is 11.0. The van der Waals surface area contributed by atoms with Gasteiger partial charge in [0, 0.05) is 25.2 Å². The molecule has 0 radical (unpaired) electrons. The van der Waals surface area contributed by atoms with Crippen LogP contribution in [-0.4, -0.2) is 47.8 Å². The summed E-state index contributed by atoms with van der Waals surface area (Å²) in [6.07, 6.45) is -3.62. The Kier molecular flexibility index (Phi) is 4.79. The number of carbonyl (C=O) groups is 2. The average Bonchev–Trinajstić information content (AvgIpc) is 2.34. The van der Waals surface area contributed by atoms with E-state index in [1.165, 1.54) is 11.8 Å². The maximum atomic E-state index is 12.4. The molecule has 1 unspecified atom stereocenters. The molecular weight excluding hydrogens is 265 g/mol. The van der Waals surface area contributed by atoms with Gasteiger partial charge in [0.05, 0.1) is 5.92 Å². The van der Waals surface area contributed by atoms with Gasteiger partial charge in [0.2, 0.25) is 0 Å². The van der Waals surface area contributed by atoms with Gasteiger partial charge in [-0.05, 0) is 6.42 Å². The van der Waals surface area contributed by atoms with Crippen molar-refractivity contribution in [2.45, 2.75) is 19.5 Å². The van der Waals surface area contributed by atoms with Crippen LogP contribution >= 0.6 is 0 Å². The monoisotopic (exact) mass is 280 g/mol. The fourth-order valence-corrected chi connectivity index (χ4v) is 1.55. The first kappa shape index (κ1) is 15.3. The highest BCUT2D eigenvalue weighted by atomic mass is 19.4. The Morgan fingerprint density at radius 1 is 1.53 bits per heavy atom. The van der Waals surface area contributed by atoms with Gasteiger partial charge in [-0.25, -0.2) is 4.79 Å². The van der Waals surface area contributed by atoms with Crippen LogP contribution in [0, 0.1) is 5.92 Å². The van der Waals surface area contributed by atoms with Gasteiger partial charge in [-0.15, -0.1) is 0 Å². The molecule has 19 heavy (non-hydrogen) atoms. The topological polar surface area (TPSA) is 69.6 Å². The predicted molar refractivity (Wildman–Crippen MR) is 60.5 cm³/mol. The Morgan fingerprint density at radius 3 is 2.58 bits per heavy atom. The number of carbonyl (C=O) groups excluding carboxylic acids is 1. The Bertz CT molecular complexity index is 393. The third kappa shape index (κ3) is 4.46. The molecule has 0 fully saturated rings. The number of alkyl halides is 3. The van der Waals surface area contributed by atoms with Crippen LogP contribution in [0.3, 0.4) is 0 Å². The van der Waals surface area contributed by atoms with Crippen molar-refractivity contribution in [1.82, 2.24) is 10.2 Å². The fourth-order valence-electron chi connectivity index (χ4n) is 1.55. The van der Waals surface area contributed by atoms with Crippen molar-refractivity contribution in [2.24, 2.45) is 5.92 Å². The molecule has 0 spiro atoms. The van der Waals surface area contributed by atoms with Gasteiger partial charge in [0.1, 0.15) is 0 Å². The summed E-state index contributed by atoms with van der Waals surface area (Å²) in [7, 11) is 0. The number of aliphatic carboxylic acids is 1. The van der Waals surface area contributed by atoms with E-state index in [1.807, 2.05) is 0 Å². The third-order valence-electron chi connectivity index (χ3n) is 2.84. The second-order valence-electron chi connectivity index (χ2n) is 4.35. The van der Waals surface area contributed by atoms with Crippen LogP contribution in [0.15, 0.2) is 11.6 Å². The van der Waals surface area contributed by atoms with Crippen molar-refractivity contribution in [1.29, 1.82) is 0 Å². The van der Waals surface area contributed by atoms with Crippen LogP contribution in [0.1, 0.15) is 13.3 Å². The average molecular weight is 280 g/mol. The van der Waals surface area contributed by atoms with Crippen molar-refractivity contribution >= 4 is 12.0 Å². The van der Waals surface area contributed by atoms with E-state index in [4.69, 9.17) is 5.11 Å². The number of hydrogen-bond donors (Lipinski definition) is 2. The summed E-state index contributed by atoms with van der Waals surface area (Å²) in [4.78, 5) is 23.3. The summed E-state index contributed by atoms with van der Waals surface area (Å²) < 4.78 is 37.1. The molecule has 1 atom stereocenters. The van der Waals surface area contributed by atoms with E-state index in [0.717, 1.165) is 6.08 Å². The number of nitrogens with one attached hydrogen (secondary N) is 1. The smallest absolute Gasteiger partial charge is 0.412 e. The van der Waals surface area contributed by atoms with E-state index in [1.54, 1.807) is 0 Å². The third-order valence-corrected chi connectivity index (χ3v) is 2.84. The maximum Gasteiger partial charge on any atom is 0.412 e. The minimum Gasteiger partial charge on any atom is -0.481 e. The molecule has 0 aliphatic carbocycles. The van der Waals surface area contributed by atoms with Crippen molar-refractivity contribution in [3.05, 3.63) is 11.6 Å². The number of urea groups is 1. The van der Waals surface area contributed by atoms with Gasteiger partial charge in [-0.2, -0.15) is 13.2 Å². The van der Waals surface area contributed by atoms with E-state index in [0.29, 0.717) is 0 Å². The maximum absolute atomic E-state index is 12.4. The summed E-state index contributed by atoms with van der Waals surface area (Å²) in [5.74, 6) is -1.78. The molecule has 1 aliphatic rings. The SMILES string of the molecule is CC(CNC(=O)N1CC=C(C(F)(F)F)CC1)C(=O)O. The molecule has 1 heterocycles. The largest absolute Gasteiger partial charge is 0.481 e. The Hall–Kier alpha value is -1.73. The zero-order valence-electron chi connectivity index (χ0n) is 10.3. The first-order valence-corrected chi connectivity index (χ1v) is 5.73. The summed E-state index contributed by atoms with van der Waals surface area (Å²) in [5.41, 5.74) is -0.629. The molecule has 2 N–H and O–H groups in total. The van der Waals surface area contributed by atoms with Crippen LogP contribution < -0.4 is 5.32 Å². The van der Waals surface area contributed by atoms with E-state index in [2.05, 4.69) is 5.32 Å². The molecule has 0 aromatic heterocycles. The molecule has 1 aliphatic heterocycles. The molecule has 8 heteroatoms. The van der Waals surface area contributed by atoms with Crippen LogP contribution in [0.5, 0.6) is 0 Å². The highest BCUT2D eigenvalue weighted by Gasteiger charge is 2.35. The number of amides is 2. The highest BCUT2D eigenvalue weighted by Crippen LogP contribution is 2.29. The molecule has 2 amide bonds. The first-order chi connectivity index (χ1) is 8.71. The van der Waals surface area contributed by atoms with Crippen molar-refractivity contribution in [2.75, 3.05) is 19.6 Å². The number of carboxylic acid groups (broad SMARTS) is 1. The summed E-state index contributed by atoms with van der Waals surface area (Å²) in [6, 6.07) is -0.550. The molecule has 0 aromatic carbocycles. The Balaban J connectivity index is 2.45. The van der Waals surface area contributed by atoms with Gasteiger partial charge in [0.25, 0.3) is 0 Å². The first-order valence-electron chi connectivity index (χ1n) is 5.73. The zero-order chi connectivity index (χ0) is 14.6. The highest BCUT2D eigenvalue weighted by molar-refractivity contribution is 5.76. The van der Waals surface area contributed by atoms with Crippen LogP contribution in [-0.2, 0) is 4.79 Å². The van der Waals surface area contributed by atoms with Crippen molar-refractivity contribution < 1.29 is 27.9 Å². The summed E-state index contributed by atoms with van der Waals surface area (Å²) >= 11 is 0. The van der Waals surface area contributed by atoms with E-state index in [9.17, 15) is 22.8 Å². The quantitative estimate of drug-likeness (QED) is 0.772. The second-order valence-corrected chi connectivity index (χ2v) is 4.35. The number of carboxylic acids is 1. The van der Waals surface area contributed by atoms with Crippen LogP contribution in [0.4, 0.5) is 18.0 Å². The van der Waals surface area contributed by atoms with Crippen molar-refractivity contribution in [3.8, 4) is 0 Å². The van der Waals surface area contributed by atoms with E-state index in [-0.39, 0.29) is 26.1 Å². The lowest BCUT2D eigenvalue weighted by Gasteiger charge is -2.27. The van der Waals surface area contributed by atoms with Gasteiger partial charge in [-0.1, -0.05) is 13.0 Å². The van der Waals surface area contributed by atoms with E-state index < -0.39 is 29.7 Å². The summed E-state index contributed by atoms with van der Waals surface area (Å²) in [6.45, 7) is 1.22. The molecule has 5 nitrogen and oxygen atoms in total. The molecule has 108 valence electrons. The zero-order valence-corrected chi connectivity index (χ0v) is 10.3. The van der Waals surface area contributed by atoms with Crippen LogP contribution in [0.25, 0.3) is 0 Å². The lowest BCUT2D eigenvalue weighted by molar-refractivity contribution is -0.140. The lowest BCUT2D eigenvalue weighted by Crippen LogP contribution is -2.45. The molecule has 0 bridgehead atoms.